The van der Waals surface area contributed by atoms with Crippen LogP contribution < -0.4 is 5.14 Å². The van der Waals surface area contributed by atoms with Gasteiger partial charge in [0.1, 0.15) is 10.4 Å². The lowest BCUT2D eigenvalue weighted by molar-refractivity contribution is 0.337. The number of aromatic nitrogens is 3. The van der Waals surface area contributed by atoms with E-state index in [1.54, 1.807) is 10.9 Å². The van der Waals surface area contributed by atoms with Crippen molar-refractivity contribution in [2.45, 2.75) is 37.9 Å². The number of hydrogen-bond donors (Lipinski definition) is 1. The molecule has 1 aromatic heterocycles. The molecular formula is C14H18N4O2S. The number of benzene rings is 1. The van der Waals surface area contributed by atoms with Gasteiger partial charge in [0, 0.05) is 0 Å². The van der Waals surface area contributed by atoms with Crippen LogP contribution in [0.4, 0.5) is 0 Å². The van der Waals surface area contributed by atoms with Gasteiger partial charge in [-0.15, -0.1) is 5.10 Å². The van der Waals surface area contributed by atoms with E-state index in [-0.39, 0.29) is 0 Å². The molecule has 0 atom stereocenters. The zero-order valence-electron chi connectivity index (χ0n) is 12.1. The fourth-order valence-corrected chi connectivity index (χ4v) is 3.98. The van der Waals surface area contributed by atoms with Crippen molar-refractivity contribution in [1.29, 1.82) is 0 Å². The SMILES string of the molecule is Cc1ccc(C)c(-n2cc(C3(S(N)(=O)=O)CCC3)nn2)c1. The molecule has 0 bridgehead atoms. The summed E-state index contributed by atoms with van der Waals surface area (Å²) in [6, 6.07) is 6.03. The Hall–Kier alpha value is -1.73. The van der Waals surface area contributed by atoms with Gasteiger partial charge in [0.25, 0.3) is 0 Å². The van der Waals surface area contributed by atoms with Gasteiger partial charge in [0.15, 0.2) is 0 Å². The van der Waals surface area contributed by atoms with E-state index in [1.807, 2.05) is 32.0 Å². The molecule has 1 fully saturated rings. The van der Waals surface area contributed by atoms with Crippen molar-refractivity contribution in [2.75, 3.05) is 0 Å². The highest BCUT2D eigenvalue weighted by Crippen LogP contribution is 2.46. The molecule has 0 saturated heterocycles. The maximum atomic E-state index is 11.9. The lowest BCUT2D eigenvalue weighted by Crippen LogP contribution is -2.46. The summed E-state index contributed by atoms with van der Waals surface area (Å²) in [4.78, 5) is 0. The van der Waals surface area contributed by atoms with Gasteiger partial charge in [0.2, 0.25) is 10.0 Å². The molecule has 21 heavy (non-hydrogen) atoms. The van der Waals surface area contributed by atoms with Crippen LogP contribution in [0.2, 0.25) is 0 Å². The maximum Gasteiger partial charge on any atom is 0.220 e. The third kappa shape index (κ3) is 2.16. The summed E-state index contributed by atoms with van der Waals surface area (Å²) in [5.41, 5.74) is 3.50. The maximum absolute atomic E-state index is 11.9. The molecule has 2 N–H and O–H groups in total. The van der Waals surface area contributed by atoms with E-state index in [9.17, 15) is 8.42 Å². The van der Waals surface area contributed by atoms with Crippen molar-refractivity contribution in [1.82, 2.24) is 15.0 Å². The van der Waals surface area contributed by atoms with E-state index in [4.69, 9.17) is 5.14 Å². The molecule has 0 amide bonds. The molecule has 7 heteroatoms. The van der Waals surface area contributed by atoms with E-state index in [0.29, 0.717) is 18.5 Å². The summed E-state index contributed by atoms with van der Waals surface area (Å²) in [6.07, 6.45) is 3.55. The monoisotopic (exact) mass is 306 g/mol. The van der Waals surface area contributed by atoms with E-state index >= 15 is 0 Å². The van der Waals surface area contributed by atoms with E-state index < -0.39 is 14.8 Å². The Morgan fingerprint density at radius 2 is 2.00 bits per heavy atom. The highest BCUT2D eigenvalue weighted by Gasteiger charge is 2.50. The zero-order valence-corrected chi connectivity index (χ0v) is 12.9. The van der Waals surface area contributed by atoms with Crippen LogP contribution in [0.1, 0.15) is 36.1 Å². The van der Waals surface area contributed by atoms with E-state index in [2.05, 4.69) is 10.3 Å². The van der Waals surface area contributed by atoms with Gasteiger partial charge in [-0.05, 0) is 50.3 Å². The Bertz CT molecular complexity index is 791. The molecule has 0 radical (unpaired) electrons. The number of aryl methyl sites for hydroxylation is 2. The predicted molar refractivity (Wildman–Crippen MR) is 79.5 cm³/mol. The van der Waals surface area contributed by atoms with Crippen LogP contribution in [0.5, 0.6) is 0 Å². The predicted octanol–water partition coefficient (Wildman–Crippen LogP) is 1.55. The first-order valence-electron chi connectivity index (χ1n) is 6.86. The molecular weight excluding hydrogens is 288 g/mol. The summed E-state index contributed by atoms with van der Waals surface area (Å²) >= 11 is 0. The number of nitrogens with zero attached hydrogens (tertiary/aromatic N) is 3. The number of nitrogens with two attached hydrogens (primary N) is 1. The molecule has 1 aliphatic carbocycles. The van der Waals surface area contributed by atoms with Crippen LogP contribution in [-0.4, -0.2) is 23.4 Å². The van der Waals surface area contributed by atoms with Gasteiger partial charge in [-0.25, -0.2) is 18.2 Å². The number of rotatable bonds is 3. The molecule has 112 valence electrons. The lowest BCUT2D eigenvalue weighted by atomic mass is 9.82. The van der Waals surface area contributed by atoms with Gasteiger partial charge >= 0.3 is 0 Å². The minimum Gasteiger partial charge on any atom is -0.228 e. The summed E-state index contributed by atoms with van der Waals surface area (Å²) < 4.78 is 24.4. The van der Waals surface area contributed by atoms with Crippen LogP contribution in [0.25, 0.3) is 5.69 Å². The highest BCUT2D eigenvalue weighted by molar-refractivity contribution is 7.90. The van der Waals surface area contributed by atoms with Crippen molar-refractivity contribution < 1.29 is 8.42 Å². The second kappa shape index (κ2) is 4.64. The Labute approximate surface area is 124 Å². The summed E-state index contributed by atoms with van der Waals surface area (Å²) in [5, 5.41) is 13.6. The van der Waals surface area contributed by atoms with Crippen LogP contribution in [0, 0.1) is 13.8 Å². The quantitative estimate of drug-likeness (QED) is 0.931. The minimum absolute atomic E-state index is 0.442. The smallest absolute Gasteiger partial charge is 0.220 e. The fraction of sp³-hybridized carbons (Fsp3) is 0.429. The highest BCUT2D eigenvalue weighted by atomic mass is 32.2. The van der Waals surface area contributed by atoms with Crippen molar-refractivity contribution in [3.63, 3.8) is 0 Å². The Kier molecular flexibility index (Phi) is 3.14. The van der Waals surface area contributed by atoms with Gasteiger partial charge < -0.3 is 0 Å². The average Bonchev–Trinajstić information content (AvgIpc) is 2.78. The minimum atomic E-state index is -3.68. The fourth-order valence-electron chi connectivity index (χ4n) is 2.74. The van der Waals surface area contributed by atoms with Crippen LogP contribution >= 0.6 is 0 Å². The molecule has 1 heterocycles. The lowest BCUT2D eigenvalue weighted by Gasteiger charge is -2.37. The van der Waals surface area contributed by atoms with Crippen molar-refractivity contribution in [3.05, 3.63) is 41.2 Å². The summed E-state index contributed by atoms with van der Waals surface area (Å²) in [5.74, 6) is 0. The molecule has 0 unspecified atom stereocenters. The molecule has 2 aromatic rings. The molecule has 1 aromatic carbocycles. The van der Waals surface area contributed by atoms with E-state index in [1.165, 1.54) is 0 Å². The largest absolute Gasteiger partial charge is 0.228 e. The Balaban J connectivity index is 2.07. The van der Waals surface area contributed by atoms with Crippen molar-refractivity contribution in [2.24, 2.45) is 5.14 Å². The average molecular weight is 306 g/mol. The number of sulfonamides is 1. The first kappa shape index (κ1) is 14.2. The van der Waals surface area contributed by atoms with Gasteiger partial charge in [-0.3, -0.25) is 0 Å². The molecule has 0 spiro atoms. The second-order valence-electron chi connectivity index (χ2n) is 5.73. The van der Waals surface area contributed by atoms with E-state index in [0.717, 1.165) is 23.2 Å². The summed E-state index contributed by atoms with van der Waals surface area (Å²) in [7, 11) is -3.68. The zero-order chi connectivity index (χ0) is 15.3. The molecule has 1 saturated carbocycles. The van der Waals surface area contributed by atoms with Gasteiger partial charge in [0.05, 0.1) is 11.9 Å². The molecule has 6 nitrogen and oxygen atoms in total. The van der Waals surface area contributed by atoms with Crippen LogP contribution in [0.15, 0.2) is 24.4 Å². The number of primary sulfonamides is 1. The van der Waals surface area contributed by atoms with Crippen LogP contribution in [-0.2, 0) is 14.8 Å². The first-order chi connectivity index (χ1) is 9.83. The van der Waals surface area contributed by atoms with Gasteiger partial charge in [-0.2, -0.15) is 0 Å². The standard InChI is InChI=1S/C14H18N4O2S/c1-10-4-5-11(2)12(8-10)18-9-13(16-17-18)14(6-3-7-14)21(15,19)20/h4-5,8-9H,3,6-7H2,1-2H3,(H2,15,19,20). The number of hydrogen-bond acceptors (Lipinski definition) is 4. The van der Waals surface area contributed by atoms with Gasteiger partial charge in [-0.1, -0.05) is 17.3 Å². The second-order valence-corrected chi connectivity index (χ2v) is 7.60. The van der Waals surface area contributed by atoms with Crippen molar-refractivity contribution in [3.8, 4) is 5.69 Å². The van der Waals surface area contributed by atoms with Crippen molar-refractivity contribution >= 4 is 10.0 Å². The Morgan fingerprint density at radius 3 is 2.57 bits per heavy atom. The normalized spacial score (nSPS) is 17.5. The topological polar surface area (TPSA) is 90.9 Å². The first-order valence-corrected chi connectivity index (χ1v) is 8.41. The Morgan fingerprint density at radius 1 is 1.29 bits per heavy atom. The molecule has 3 rings (SSSR count). The third-order valence-corrected chi connectivity index (χ3v) is 5.98. The summed E-state index contributed by atoms with van der Waals surface area (Å²) in [6.45, 7) is 3.98. The molecule has 1 aliphatic rings. The molecule has 0 aliphatic heterocycles. The third-order valence-electron chi connectivity index (χ3n) is 4.28. The van der Waals surface area contributed by atoms with Crippen LogP contribution in [0.3, 0.4) is 0 Å².